The molecular weight excluding hydrogens is 791 g/mol. The lowest BCUT2D eigenvalue weighted by molar-refractivity contribution is -0.474. The van der Waals surface area contributed by atoms with E-state index in [4.69, 9.17) is 4.74 Å². The van der Waals surface area contributed by atoms with Crippen molar-refractivity contribution < 1.29 is 102 Å². The van der Waals surface area contributed by atoms with Crippen LogP contribution in [0, 0.1) is 0 Å². The summed E-state index contributed by atoms with van der Waals surface area (Å²) in [7, 11) is 0. The lowest BCUT2D eigenvalue weighted by Crippen LogP contribution is -2.76. The van der Waals surface area contributed by atoms with E-state index in [1.807, 2.05) is 0 Å². The van der Waals surface area contributed by atoms with Crippen LogP contribution in [0.15, 0.2) is 24.3 Å². The molecule has 1 aromatic rings. The fraction of sp³-hybridized carbons (Fsp3) is 0.800. The molecule has 2 nitrogen and oxygen atoms in total. The summed E-state index contributed by atoms with van der Waals surface area (Å²) in [5, 5.41) is 0. The molecule has 0 aliphatic carbocycles. The molecule has 0 aliphatic heterocycles. The van der Waals surface area contributed by atoms with Crippen molar-refractivity contribution >= 4 is 0 Å². The lowest BCUT2D eigenvalue weighted by atomic mass is 9.86. The molecule has 1 aromatic carbocycles. The Hall–Kier alpha value is -2.65. The first-order valence-electron chi connectivity index (χ1n) is 15.6. The van der Waals surface area contributed by atoms with Crippen LogP contribution in [0.25, 0.3) is 0 Å². The molecule has 0 N–H and O–H groups in total. The normalized spacial score (nSPS) is 14.8. The number of unbranched alkanes of at least 4 members (excludes halogenated alkanes) is 9. The van der Waals surface area contributed by atoms with Crippen molar-refractivity contribution in [3.05, 3.63) is 24.3 Å². The Morgan fingerprint density at radius 2 is 0.642 bits per heavy atom. The van der Waals surface area contributed by atoms with Gasteiger partial charge in [0, 0.05) is 0 Å². The molecule has 53 heavy (non-hydrogen) atoms. The van der Waals surface area contributed by atoms with Crippen LogP contribution >= 0.6 is 0 Å². The number of halogens is 21. The van der Waals surface area contributed by atoms with E-state index in [1.54, 1.807) is 0 Å². The molecule has 0 unspecified atom stereocenters. The largest absolute Gasteiger partial charge is 0.494 e. The van der Waals surface area contributed by atoms with Crippen molar-refractivity contribution in [1.82, 2.24) is 0 Å². The van der Waals surface area contributed by atoms with Gasteiger partial charge in [0.1, 0.15) is 11.5 Å². The zero-order valence-corrected chi connectivity index (χ0v) is 27.3. The van der Waals surface area contributed by atoms with Gasteiger partial charge in [0.15, 0.2) is 0 Å². The topological polar surface area (TPSA) is 18.5 Å². The third-order valence-electron chi connectivity index (χ3n) is 7.85. The Morgan fingerprint density at radius 3 is 0.981 bits per heavy atom. The quantitative estimate of drug-likeness (QED) is 0.0764. The molecule has 0 heterocycles. The molecule has 0 fully saturated rings. The minimum absolute atomic E-state index is 0.162. The summed E-state index contributed by atoms with van der Waals surface area (Å²) >= 11 is 0. The van der Waals surface area contributed by atoms with Crippen molar-refractivity contribution in [2.24, 2.45) is 0 Å². The van der Waals surface area contributed by atoms with Crippen molar-refractivity contribution in [2.45, 2.75) is 137 Å². The molecule has 0 saturated heterocycles. The van der Waals surface area contributed by atoms with E-state index in [1.165, 1.54) is 12.8 Å². The van der Waals surface area contributed by atoms with Crippen LogP contribution in [0.5, 0.6) is 11.5 Å². The maximum atomic E-state index is 14.1. The molecular formula is C30H33F21O2. The monoisotopic (exact) mass is 824 g/mol. The van der Waals surface area contributed by atoms with E-state index >= 15 is 0 Å². The maximum Gasteiger partial charge on any atom is 0.460 e. The third-order valence-corrected chi connectivity index (χ3v) is 7.85. The van der Waals surface area contributed by atoms with Crippen molar-refractivity contribution in [3.8, 4) is 11.5 Å². The summed E-state index contributed by atoms with van der Waals surface area (Å²) < 4.78 is 294. The zero-order chi connectivity index (χ0) is 41.6. The van der Waals surface area contributed by atoms with Gasteiger partial charge in [0.05, 0.1) is 19.6 Å². The molecule has 0 radical (unpaired) electrons. The van der Waals surface area contributed by atoms with E-state index in [0.717, 1.165) is 69.2 Å². The van der Waals surface area contributed by atoms with Gasteiger partial charge in [-0.2, -0.15) is 92.2 Å². The van der Waals surface area contributed by atoms with Crippen molar-refractivity contribution in [2.75, 3.05) is 13.2 Å². The van der Waals surface area contributed by atoms with Crippen LogP contribution in [0.4, 0.5) is 92.2 Å². The molecule has 312 valence electrons. The van der Waals surface area contributed by atoms with Gasteiger partial charge < -0.3 is 9.47 Å². The smallest absolute Gasteiger partial charge is 0.460 e. The van der Waals surface area contributed by atoms with Crippen LogP contribution in [0.3, 0.4) is 0 Å². The van der Waals surface area contributed by atoms with Gasteiger partial charge in [0.25, 0.3) is 0 Å². The lowest BCUT2D eigenvalue weighted by Gasteiger charge is -2.44. The molecule has 0 amide bonds. The van der Waals surface area contributed by atoms with E-state index in [0.29, 0.717) is 6.42 Å². The summed E-state index contributed by atoms with van der Waals surface area (Å²) in [5.74, 6) is -77.4. The highest BCUT2D eigenvalue weighted by Gasteiger charge is 2.97. The van der Waals surface area contributed by atoms with Gasteiger partial charge in [-0.1, -0.05) is 64.7 Å². The first-order chi connectivity index (χ1) is 23.8. The molecule has 0 aromatic heterocycles. The number of benzene rings is 1. The highest BCUT2D eigenvalue weighted by Crippen LogP contribution is 2.66. The summed E-state index contributed by atoms with van der Waals surface area (Å²) in [5.41, 5.74) is 0. The van der Waals surface area contributed by atoms with E-state index < -0.39 is 78.3 Å². The Labute approximate surface area is 288 Å². The first kappa shape index (κ1) is 48.4. The molecule has 1 rings (SSSR count). The Balaban J connectivity index is 2.97. The molecule has 0 aliphatic rings. The summed E-state index contributed by atoms with van der Waals surface area (Å²) in [6, 6.07) is 4.15. The molecule has 23 heteroatoms. The molecule has 0 atom stereocenters. The Kier molecular flexibility index (Phi) is 15.5. The second-order valence-electron chi connectivity index (χ2n) is 11.9. The maximum absolute atomic E-state index is 14.1. The molecule has 0 bridgehead atoms. The second kappa shape index (κ2) is 17.0. The van der Waals surface area contributed by atoms with Crippen LogP contribution in [0.2, 0.25) is 0 Å². The molecule has 0 spiro atoms. The summed E-state index contributed by atoms with van der Waals surface area (Å²) in [6.45, 7) is 0.473. The fourth-order valence-corrected chi connectivity index (χ4v) is 4.46. The highest BCUT2D eigenvalue weighted by atomic mass is 19.4. The summed E-state index contributed by atoms with van der Waals surface area (Å²) in [4.78, 5) is 0. The first-order valence-corrected chi connectivity index (χ1v) is 15.6. The van der Waals surface area contributed by atoms with Gasteiger partial charge in [-0.25, -0.2) is 0 Å². The standard InChI is InChI=1S/C30H33F21O2/c1-2-3-4-5-6-7-8-9-10-11-17-52-19-12-14-20(15-13-19)53-18-16-21(31,32)22(33,34)23(35,36)24(37,38)25(39,40)26(41,42)27(43,44)28(45,46)29(47,48)30(49,50)51/h12-15H,2-11,16-18H2,1H3. The highest BCUT2D eigenvalue weighted by molar-refractivity contribution is 5.31. The minimum Gasteiger partial charge on any atom is -0.494 e. The average Bonchev–Trinajstić information content (AvgIpc) is 3.02. The molecule has 0 saturated carbocycles. The van der Waals surface area contributed by atoms with Crippen LogP contribution in [0.1, 0.15) is 77.6 Å². The van der Waals surface area contributed by atoms with Crippen LogP contribution in [-0.4, -0.2) is 72.7 Å². The number of hydrogen-bond donors (Lipinski definition) is 0. The third kappa shape index (κ3) is 9.42. The van der Waals surface area contributed by atoms with Crippen LogP contribution in [-0.2, 0) is 0 Å². The number of hydrogen-bond acceptors (Lipinski definition) is 2. The van der Waals surface area contributed by atoms with Crippen molar-refractivity contribution in [1.29, 1.82) is 0 Å². The average molecular weight is 825 g/mol. The number of rotatable bonds is 24. The fourth-order valence-electron chi connectivity index (χ4n) is 4.46. The van der Waals surface area contributed by atoms with E-state index in [9.17, 15) is 92.2 Å². The number of alkyl halides is 21. The van der Waals surface area contributed by atoms with Crippen LogP contribution < -0.4 is 9.47 Å². The predicted octanol–water partition coefficient (Wildman–Crippen LogP) is 13.0. The van der Waals surface area contributed by atoms with Gasteiger partial charge in [-0.05, 0) is 30.7 Å². The second-order valence-corrected chi connectivity index (χ2v) is 11.9. The van der Waals surface area contributed by atoms with Gasteiger partial charge >= 0.3 is 59.5 Å². The Morgan fingerprint density at radius 1 is 0.358 bits per heavy atom. The van der Waals surface area contributed by atoms with Crippen molar-refractivity contribution in [3.63, 3.8) is 0 Å². The zero-order valence-electron chi connectivity index (χ0n) is 27.3. The number of ether oxygens (including phenoxy) is 2. The summed E-state index contributed by atoms with van der Waals surface area (Å²) in [6.07, 6.45) is -0.604. The van der Waals surface area contributed by atoms with E-state index in [-0.39, 0.29) is 12.4 Å². The SMILES string of the molecule is CCCCCCCCCCCCOc1ccc(OCCC(F)(F)C(F)(F)C(F)(F)C(F)(F)C(F)(F)C(F)(F)C(F)(F)C(F)(F)C(F)(F)C(F)(F)F)cc1. The predicted molar refractivity (Wildman–Crippen MR) is 144 cm³/mol. The van der Waals surface area contributed by atoms with Gasteiger partial charge in [-0.15, -0.1) is 0 Å². The Bertz CT molecular complexity index is 1260. The minimum atomic E-state index is -9.19. The van der Waals surface area contributed by atoms with Gasteiger partial charge in [0.2, 0.25) is 0 Å². The van der Waals surface area contributed by atoms with Gasteiger partial charge in [-0.3, -0.25) is 0 Å². The van der Waals surface area contributed by atoms with E-state index in [2.05, 4.69) is 11.7 Å².